The lowest BCUT2D eigenvalue weighted by atomic mass is 9.96. The smallest absolute Gasteiger partial charge is 0.221 e. The first-order valence-corrected chi connectivity index (χ1v) is 18.1. The Labute approximate surface area is 310 Å². The van der Waals surface area contributed by atoms with Gasteiger partial charge in [-0.25, -0.2) is 4.99 Å². The standard InChI is InChI=1S/C46H30IN3O/c47-50-44(31-14-5-2-6-15-31)39-17-7-9-20-40(39)48-46(50)49-41-26-24-32(30-12-3-1-4-13-30)28-34(41)22-23-35-29-33(25-27-42(35)49)36-18-11-19-38-37-16-8-10-21-43(37)51-45(36)38/h1-29,44H. The van der Waals surface area contributed by atoms with Crippen LogP contribution in [0.15, 0.2) is 173 Å². The van der Waals surface area contributed by atoms with Crippen molar-refractivity contribution in [2.45, 2.75) is 6.04 Å². The van der Waals surface area contributed by atoms with Crippen molar-refractivity contribution in [3.05, 3.63) is 186 Å². The molecule has 4 nitrogen and oxygen atoms in total. The molecule has 0 amide bonds. The molecule has 1 atom stereocenters. The minimum atomic E-state index is -0.0211. The number of aliphatic imine (C=N–C) groups is 1. The van der Waals surface area contributed by atoms with E-state index in [1.54, 1.807) is 0 Å². The number of hydrogen-bond acceptors (Lipinski definition) is 4. The largest absolute Gasteiger partial charge is 0.455 e. The molecule has 0 aliphatic carbocycles. The van der Waals surface area contributed by atoms with Crippen LogP contribution in [0.25, 0.3) is 56.3 Å². The van der Waals surface area contributed by atoms with Gasteiger partial charge in [-0.15, -0.1) is 0 Å². The second-order valence-electron chi connectivity index (χ2n) is 13.0. The maximum absolute atomic E-state index is 6.47. The van der Waals surface area contributed by atoms with Gasteiger partial charge in [-0.2, -0.15) is 0 Å². The SMILES string of the molecule is IN1C(N2c3ccc(-c4ccccc4)cc3C=Cc3cc(-c4cccc5c4oc4ccccc45)ccc32)=Nc2ccccc2C1c1ccccc1. The van der Waals surface area contributed by atoms with Crippen molar-refractivity contribution >= 4 is 80.0 Å². The molecule has 0 fully saturated rings. The molecule has 51 heavy (non-hydrogen) atoms. The van der Waals surface area contributed by atoms with Crippen molar-refractivity contribution in [2.75, 3.05) is 4.90 Å². The van der Waals surface area contributed by atoms with Crippen LogP contribution in [0.3, 0.4) is 0 Å². The first-order valence-electron chi connectivity index (χ1n) is 17.1. The molecule has 5 heteroatoms. The molecule has 2 aliphatic rings. The second-order valence-corrected chi connectivity index (χ2v) is 14.0. The number of anilines is 2. The predicted octanol–water partition coefficient (Wildman–Crippen LogP) is 13.0. The summed E-state index contributed by atoms with van der Waals surface area (Å²) < 4.78 is 8.77. The maximum Gasteiger partial charge on any atom is 0.221 e. The third-order valence-corrected chi connectivity index (χ3v) is 11.0. The van der Waals surface area contributed by atoms with E-state index in [9.17, 15) is 0 Å². The lowest BCUT2D eigenvalue weighted by molar-refractivity contribution is 0.587. The fourth-order valence-electron chi connectivity index (χ4n) is 7.57. The third kappa shape index (κ3) is 4.99. The van der Waals surface area contributed by atoms with Crippen LogP contribution in [0.4, 0.5) is 17.1 Å². The van der Waals surface area contributed by atoms with Crippen LogP contribution in [0.5, 0.6) is 0 Å². The molecule has 1 unspecified atom stereocenters. The molecule has 0 spiro atoms. The molecule has 10 rings (SSSR count). The molecule has 2 aliphatic heterocycles. The molecule has 1 aromatic heterocycles. The van der Waals surface area contributed by atoms with Gasteiger partial charge in [0.1, 0.15) is 11.2 Å². The minimum absolute atomic E-state index is 0.0211. The summed E-state index contributed by atoms with van der Waals surface area (Å²) in [6.07, 6.45) is 4.49. The highest BCUT2D eigenvalue weighted by Crippen LogP contribution is 2.47. The monoisotopic (exact) mass is 767 g/mol. The fourth-order valence-corrected chi connectivity index (χ4v) is 8.51. The molecule has 0 bridgehead atoms. The summed E-state index contributed by atoms with van der Waals surface area (Å²) >= 11 is 2.47. The quantitative estimate of drug-likeness (QED) is 0.133. The average molecular weight is 768 g/mol. The summed E-state index contributed by atoms with van der Waals surface area (Å²) in [5, 5.41) is 2.25. The van der Waals surface area contributed by atoms with Gasteiger partial charge >= 0.3 is 0 Å². The lowest BCUT2D eigenvalue weighted by Crippen LogP contribution is -2.41. The maximum atomic E-state index is 6.47. The van der Waals surface area contributed by atoms with Crippen LogP contribution < -0.4 is 4.90 Å². The average Bonchev–Trinajstić information content (AvgIpc) is 3.49. The Balaban J connectivity index is 1.18. The number of hydrogen-bond donors (Lipinski definition) is 0. The van der Waals surface area contributed by atoms with E-state index in [1.165, 1.54) is 22.3 Å². The molecule has 0 saturated heterocycles. The number of para-hydroxylation sites is 3. The van der Waals surface area contributed by atoms with Crippen LogP contribution in [0.2, 0.25) is 0 Å². The Bertz CT molecular complexity index is 2680. The number of fused-ring (bicyclic) bond motifs is 6. The third-order valence-electron chi connectivity index (χ3n) is 9.99. The van der Waals surface area contributed by atoms with Crippen molar-refractivity contribution < 1.29 is 4.42 Å². The number of halogens is 1. The van der Waals surface area contributed by atoms with Crippen LogP contribution in [-0.2, 0) is 0 Å². The highest BCUT2D eigenvalue weighted by Gasteiger charge is 2.35. The van der Waals surface area contributed by atoms with E-state index in [0.717, 1.165) is 67.2 Å². The number of rotatable bonds is 3. The lowest BCUT2D eigenvalue weighted by Gasteiger charge is -2.39. The molecule has 242 valence electrons. The van der Waals surface area contributed by atoms with Gasteiger partial charge in [-0.3, -0.25) is 8.01 Å². The molecular formula is C46H30IN3O. The molecule has 0 saturated carbocycles. The zero-order valence-corrected chi connectivity index (χ0v) is 29.6. The number of nitrogens with zero attached hydrogens (tertiary/aromatic N) is 3. The molecule has 0 N–H and O–H groups in total. The first-order chi connectivity index (χ1) is 25.2. The molecule has 8 aromatic rings. The van der Waals surface area contributed by atoms with Crippen molar-refractivity contribution in [2.24, 2.45) is 4.99 Å². The van der Waals surface area contributed by atoms with Crippen molar-refractivity contribution in [1.82, 2.24) is 3.11 Å². The molecule has 0 radical (unpaired) electrons. The normalized spacial score (nSPS) is 14.9. The zero-order chi connectivity index (χ0) is 33.9. The summed E-state index contributed by atoms with van der Waals surface area (Å²) in [5.41, 5.74) is 14.1. The van der Waals surface area contributed by atoms with Crippen LogP contribution in [-0.4, -0.2) is 9.07 Å². The molecule has 3 heterocycles. The number of guanidine groups is 1. The van der Waals surface area contributed by atoms with Gasteiger partial charge in [0.05, 0.1) is 46.0 Å². The Morgan fingerprint density at radius 2 is 1.20 bits per heavy atom. The van der Waals surface area contributed by atoms with Crippen molar-refractivity contribution in [3.8, 4) is 22.3 Å². The number of furan rings is 1. The van der Waals surface area contributed by atoms with E-state index >= 15 is 0 Å². The van der Waals surface area contributed by atoms with E-state index in [1.807, 2.05) is 12.1 Å². The summed E-state index contributed by atoms with van der Waals surface area (Å²) in [4.78, 5) is 7.75. The second kappa shape index (κ2) is 12.1. The van der Waals surface area contributed by atoms with Crippen molar-refractivity contribution in [1.29, 1.82) is 0 Å². The number of benzene rings is 7. The van der Waals surface area contributed by atoms with Crippen LogP contribution >= 0.6 is 22.9 Å². The molecular weight excluding hydrogens is 737 g/mol. The highest BCUT2D eigenvalue weighted by molar-refractivity contribution is 14.1. The summed E-state index contributed by atoms with van der Waals surface area (Å²) in [6.45, 7) is 0. The van der Waals surface area contributed by atoms with E-state index < -0.39 is 0 Å². The topological polar surface area (TPSA) is 32.0 Å². The Kier molecular flexibility index (Phi) is 7.13. The Hall–Kier alpha value is -5.92. The van der Waals surface area contributed by atoms with Gasteiger partial charge in [0.2, 0.25) is 5.96 Å². The van der Waals surface area contributed by atoms with Crippen LogP contribution in [0, 0.1) is 0 Å². The summed E-state index contributed by atoms with van der Waals surface area (Å²) in [6, 6.07) is 58.0. The first kappa shape index (κ1) is 29.9. The zero-order valence-electron chi connectivity index (χ0n) is 27.4. The van der Waals surface area contributed by atoms with E-state index in [4.69, 9.17) is 9.41 Å². The Morgan fingerprint density at radius 1 is 0.549 bits per heavy atom. The predicted molar refractivity (Wildman–Crippen MR) is 220 cm³/mol. The summed E-state index contributed by atoms with van der Waals surface area (Å²) in [5.74, 6) is 0.856. The van der Waals surface area contributed by atoms with Gasteiger partial charge in [-0.1, -0.05) is 140 Å². The summed E-state index contributed by atoms with van der Waals surface area (Å²) in [7, 11) is 0. The van der Waals surface area contributed by atoms with Gasteiger partial charge in [0, 0.05) is 21.9 Å². The van der Waals surface area contributed by atoms with Crippen LogP contribution in [0.1, 0.15) is 28.3 Å². The van der Waals surface area contributed by atoms with Gasteiger partial charge in [-0.05, 0) is 69.8 Å². The van der Waals surface area contributed by atoms with E-state index in [0.29, 0.717) is 0 Å². The fraction of sp³-hybridized carbons (Fsp3) is 0.0217. The van der Waals surface area contributed by atoms with E-state index in [2.05, 4.69) is 195 Å². The van der Waals surface area contributed by atoms with E-state index in [-0.39, 0.29) is 6.04 Å². The minimum Gasteiger partial charge on any atom is -0.455 e. The van der Waals surface area contributed by atoms with Crippen molar-refractivity contribution in [3.63, 3.8) is 0 Å². The van der Waals surface area contributed by atoms with Gasteiger partial charge in [0.25, 0.3) is 0 Å². The van der Waals surface area contributed by atoms with Gasteiger partial charge < -0.3 is 4.42 Å². The van der Waals surface area contributed by atoms with Gasteiger partial charge in [0.15, 0.2) is 0 Å². The highest BCUT2D eigenvalue weighted by atomic mass is 127. The Morgan fingerprint density at radius 3 is 2.00 bits per heavy atom. The molecule has 7 aromatic carbocycles.